The van der Waals surface area contributed by atoms with E-state index in [1.807, 2.05) is 6.07 Å². The summed E-state index contributed by atoms with van der Waals surface area (Å²) in [7, 11) is 0. The van der Waals surface area contributed by atoms with Crippen LogP contribution >= 0.6 is 0 Å². The number of nitrogens with zero attached hydrogens (tertiary/aromatic N) is 1. The summed E-state index contributed by atoms with van der Waals surface area (Å²) in [4.78, 5) is 39.0. The largest absolute Gasteiger partial charge is 0.484 e. The number of amides is 2. The quantitative estimate of drug-likeness (QED) is 0.577. The molecule has 3 aromatic carbocycles. The predicted molar refractivity (Wildman–Crippen MR) is 116 cm³/mol. The lowest BCUT2D eigenvalue weighted by molar-refractivity contribution is -0.137. The van der Waals surface area contributed by atoms with Crippen molar-refractivity contribution in [3.05, 3.63) is 82.9 Å². The van der Waals surface area contributed by atoms with Gasteiger partial charge < -0.3 is 15.4 Å². The second kappa shape index (κ2) is 7.72. The number of hydrogen-bond acceptors (Lipinski definition) is 4. The molecule has 34 heavy (non-hydrogen) atoms. The van der Waals surface area contributed by atoms with Gasteiger partial charge in [0.05, 0.1) is 29.8 Å². The van der Waals surface area contributed by atoms with E-state index in [0.29, 0.717) is 33.7 Å². The Kier molecular flexibility index (Phi) is 4.93. The van der Waals surface area contributed by atoms with Gasteiger partial charge in [-0.3, -0.25) is 14.4 Å². The smallest absolute Gasteiger partial charge is 0.416 e. The number of benzene rings is 3. The zero-order chi connectivity index (χ0) is 24.2. The number of carbonyl (C=O) groups is 3. The molecular weight excluding hydrogens is 449 g/mol. The molecule has 0 saturated carbocycles. The second-order valence-corrected chi connectivity index (χ2v) is 8.11. The Bertz CT molecular complexity index is 1350. The lowest BCUT2D eigenvalue weighted by atomic mass is 9.86. The molecule has 0 aromatic heterocycles. The Morgan fingerprint density at radius 3 is 2.35 bits per heavy atom. The number of Topliss-reactive ketones (excluding diaryl/α,β-unsaturated/α-hetero) is 1. The van der Waals surface area contributed by atoms with Crippen molar-refractivity contribution in [1.29, 1.82) is 0 Å². The lowest BCUT2D eigenvalue weighted by Crippen LogP contribution is -2.29. The predicted octanol–water partition coefficient (Wildman–Crippen LogP) is 4.41. The Labute approximate surface area is 191 Å². The van der Waals surface area contributed by atoms with Crippen LogP contribution in [-0.2, 0) is 22.3 Å². The van der Waals surface area contributed by atoms with Crippen LogP contribution in [0.25, 0.3) is 11.1 Å². The molecule has 1 unspecified atom stereocenters. The molecule has 3 aromatic rings. The summed E-state index contributed by atoms with van der Waals surface area (Å²) in [5, 5.41) is 0. The van der Waals surface area contributed by atoms with Crippen molar-refractivity contribution in [2.75, 3.05) is 4.90 Å². The number of halogens is 3. The van der Waals surface area contributed by atoms with Crippen LogP contribution in [0.4, 0.5) is 18.9 Å². The van der Waals surface area contributed by atoms with Crippen LogP contribution in [0.1, 0.15) is 39.6 Å². The van der Waals surface area contributed by atoms with Crippen molar-refractivity contribution in [3.63, 3.8) is 0 Å². The monoisotopic (exact) mass is 466 g/mol. The fourth-order valence-electron chi connectivity index (χ4n) is 4.45. The average molecular weight is 466 g/mol. The van der Waals surface area contributed by atoms with E-state index in [4.69, 9.17) is 10.5 Å². The number of ketones is 1. The third-order valence-electron chi connectivity index (χ3n) is 5.96. The molecule has 2 aliphatic rings. The van der Waals surface area contributed by atoms with Crippen molar-refractivity contribution in [2.24, 2.45) is 5.73 Å². The Hall–Kier alpha value is -4.14. The molecule has 0 saturated heterocycles. The molecule has 2 aliphatic heterocycles. The van der Waals surface area contributed by atoms with Gasteiger partial charge in [-0.05, 0) is 35.4 Å². The van der Waals surface area contributed by atoms with Gasteiger partial charge in [0.25, 0.3) is 11.7 Å². The summed E-state index contributed by atoms with van der Waals surface area (Å²) in [5.74, 6) is -1.68. The average Bonchev–Trinajstić information content (AvgIpc) is 3.03. The Balaban J connectivity index is 1.59. The molecule has 9 heteroatoms. The zero-order valence-corrected chi connectivity index (χ0v) is 17.6. The van der Waals surface area contributed by atoms with E-state index in [1.54, 1.807) is 30.3 Å². The molecule has 5 rings (SSSR count). The number of nitrogens with two attached hydrogens (primary N) is 1. The van der Waals surface area contributed by atoms with Crippen LogP contribution in [0.3, 0.4) is 0 Å². The first kappa shape index (κ1) is 21.7. The summed E-state index contributed by atoms with van der Waals surface area (Å²) in [5.41, 5.74) is 7.24. The van der Waals surface area contributed by atoms with E-state index in [1.165, 1.54) is 17.0 Å². The SMILES string of the molecule is NC(=O)CC1Oc2ccccc2-c2ccc3c(c21)C(=O)C(=O)N3Cc1ccc(C(F)(F)F)cc1. The Morgan fingerprint density at radius 2 is 1.68 bits per heavy atom. The fraction of sp³-hybridized carbons (Fsp3) is 0.160. The van der Waals surface area contributed by atoms with E-state index in [9.17, 15) is 27.6 Å². The minimum atomic E-state index is -4.48. The number of carbonyl (C=O) groups excluding carboxylic acids is 3. The van der Waals surface area contributed by atoms with Gasteiger partial charge in [-0.2, -0.15) is 13.2 Å². The van der Waals surface area contributed by atoms with Gasteiger partial charge >= 0.3 is 6.18 Å². The molecule has 0 bridgehead atoms. The van der Waals surface area contributed by atoms with Gasteiger partial charge in [0.1, 0.15) is 11.9 Å². The van der Waals surface area contributed by atoms with Crippen LogP contribution < -0.4 is 15.4 Å². The van der Waals surface area contributed by atoms with Gasteiger partial charge in [0.2, 0.25) is 5.91 Å². The number of fused-ring (bicyclic) bond motifs is 5. The van der Waals surface area contributed by atoms with Gasteiger partial charge in [0.15, 0.2) is 0 Å². The van der Waals surface area contributed by atoms with Crippen LogP contribution in [0.2, 0.25) is 0 Å². The second-order valence-electron chi connectivity index (χ2n) is 8.11. The highest BCUT2D eigenvalue weighted by atomic mass is 19.4. The minimum Gasteiger partial charge on any atom is -0.484 e. The van der Waals surface area contributed by atoms with Crippen molar-refractivity contribution in [1.82, 2.24) is 0 Å². The maximum atomic E-state index is 13.1. The van der Waals surface area contributed by atoms with Gasteiger partial charge in [0, 0.05) is 11.1 Å². The summed E-state index contributed by atoms with van der Waals surface area (Å²) in [6.07, 6.45) is -5.53. The van der Waals surface area contributed by atoms with E-state index in [-0.39, 0.29) is 18.5 Å². The molecule has 0 radical (unpaired) electrons. The van der Waals surface area contributed by atoms with E-state index in [2.05, 4.69) is 0 Å². The number of primary amides is 1. The number of rotatable bonds is 4. The van der Waals surface area contributed by atoms with Crippen LogP contribution in [0.15, 0.2) is 60.7 Å². The van der Waals surface area contributed by atoms with Crippen LogP contribution in [0, 0.1) is 0 Å². The van der Waals surface area contributed by atoms with Gasteiger partial charge in [-0.25, -0.2) is 0 Å². The molecular formula is C25H17F3N2O4. The number of ether oxygens (including phenoxy) is 1. The minimum absolute atomic E-state index is 0.0908. The maximum Gasteiger partial charge on any atom is 0.416 e. The first-order valence-corrected chi connectivity index (χ1v) is 10.4. The number of alkyl halides is 3. The highest BCUT2D eigenvalue weighted by Gasteiger charge is 2.42. The topological polar surface area (TPSA) is 89.7 Å². The number of anilines is 1. The fourth-order valence-corrected chi connectivity index (χ4v) is 4.45. The van der Waals surface area contributed by atoms with Crippen molar-refractivity contribution < 1.29 is 32.3 Å². The molecule has 6 nitrogen and oxygen atoms in total. The molecule has 172 valence electrons. The standard InChI is InChI=1S/C25H17F3N2O4/c26-25(27,28)14-7-5-13(6-8-14)12-30-17-10-9-16-15-3-1-2-4-18(15)34-19(11-20(29)31)21(16)22(17)23(32)24(30)33/h1-10,19H,11-12H2,(H2,29,31). The number of hydrogen-bond donors (Lipinski definition) is 1. The van der Waals surface area contributed by atoms with Crippen molar-refractivity contribution in [2.45, 2.75) is 25.2 Å². The first-order valence-electron chi connectivity index (χ1n) is 10.4. The number of para-hydroxylation sites is 1. The third-order valence-corrected chi connectivity index (χ3v) is 5.96. The van der Waals surface area contributed by atoms with Gasteiger partial charge in [-0.1, -0.05) is 36.4 Å². The van der Waals surface area contributed by atoms with E-state index < -0.39 is 35.4 Å². The van der Waals surface area contributed by atoms with Gasteiger partial charge in [-0.15, -0.1) is 0 Å². The highest BCUT2D eigenvalue weighted by Crippen LogP contribution is 2.48. The van der Waals surface area contributed by atoms with Crippen LogP contribution in [0.5, 0.6) is 5.75 Å². The van der Waals surface area contributed by atoms with E-state index >= 15 is 0 Å². The summed E-state index contributed by atoms with van der Waals surface area (Å²) in [6, 6.07) is 14.9. The maximum absolute atomic E-state index is 13.1. The molecule has 1 atom stereocenters. The van der Waals surface area contributed by atoms with E-state index in [0.717, 1.165) is 12.1 Å². The molecule has 2 heterocycles. The van der Waals surface area contributed by atoms with Crippen LogP contribution in [-0.4, -0.2) is 17.6 Å². The molecule has 0 aliphatic carbocycles. The molecule has 2 N–H and O–H groups in total. The summed E-state index contributed by atoms with van der Waals surface area (Å²) < 4.78 is 44.6. The molecule has 0 fully saturated rings. The highest BCUT2D eigenvalue weighted by molar-refractivity contribution is 6.52. The zero-order valence-electron chi connectivity index (χ0n) is 17.6. The Morgan fingerprint density at radius 1 is 0.971 bits per heavy atom. The van der Waals surface area contributed by atoms with Crippen molar-refractivity contribution >= 4 is 23.3 Å². The molecule has 2 amide bonds. The normalized spacial score (nSPS) is 16.6. The third kappa shape index (κ3) is 3.49. The van der Waals surface area contributed by atoms with Crippen molar-refractivity contribution in [3.8, 4) is 16.9 Å². The lowest BCUT2D eigenvalue weighted by Gasteiger charge is -2.30. The first-order chi connectivity index (χ1) is 16.1. The molecule has 0 spiro atoms. The summed E-state index contributed by atoms with van der Waals surface area (Å²) >= 11 is 0. The summed E-state index contributed by atoms with van der Waals surface area (Å²) in [6.45, 7) is -0.0908.